The number of aryl methyl sites for hydroxylation is 2. The van der Waals surface area contributed by atoms with Crippen molar-refractivity contribution in [3.8, 4) is 5.75 Å². The molecule has 1 aliphatic carbocycles. The van der Waals surface area contributed by atoms with Crippen LogP contribution in [0.1, 0.15) is 48.6 Å². The van der Waals surface area contributed by atoms with Crippen molar-refractivity contribution in [3.63, 3.8) is 0 Å². The van der Waals surface area contributed by atoms with E-state index in [4.69, 9.17) is 4.74 Å². The zero-order chi connectivity index (χ0) is 19.9. The number of rotatable bonds is 9. The Morgan fingerprint density at radius 1 is 1.11 bits per heavy atom. The highest BCUT2D eigenvalue weighted by atomic mass is 16.5. The van der Waals surface area contributed by atoms with Gasteiger partial charge in [-0.25, -0.2) is 0 Å². The molecule has 0 saturated carbocycles. The van der Waals surface area contributed by atoms with E-state index >= 15 is 0 Å². The first-order valence-corrected chi connectivity index (χ1v) is 10.4. The summed E-state index contributed by atoms with van der Waals surface area (Å²) in [5, 5.41) is 3.16. The molecular formula is C24H32N2O2. The van der Waals surface area contributed by atoms with Gasteiger partial charge in [0.25, 0.3) is 0 Å². The molecule has 0 fully saturated rings. The molecule has 4 nitrogen and oxygen atoms in total. The molecule has 0 spiro atoms. The highest BCUT2D eigenvalue weighted by Crippen LogP contribution is 2.25. The topological polar surface area (TPSA) is 41.6 Å². The van der Waals surface area contributed by atoms with Crippen LogP contribution < -0.4 is 10.1 Å². The van der Waals surface area contributed by atoms with Crippen LogP contribution in [-0.2, 0) is 24.1 Å². The highest BCUT2D eigenvalue weighted by Gasteiger charge is 2.20. The van der Waals surface area contributed by atoms with Gasteiger partial charge in [-0.3, -0.25) is 9.69 Å². The number of carbonyl (C=O) groups is 1. The normalized spacial score (nSPS) is 14.0. The Labute approximate surface area is 168 Å². The molecule has 0 aliphatic heterocycles. The maximum absolute atomic E-state index is 12.6. The predicted octanol–water partition coefficient (Wildman–Crippen LogP) is 3.93. The minimum Gasteiger partial charge on any atom is -0.497 e. The predicted molar refractivity (Wildman–Crippen MR) is 114 cm³/mol. The number of nitrogens with zero attached hydrogens (tertiary/aromatic N) is 1. The summed E-state index contributed by atoms with van der Waals surface area (Å²) in [6.45, 7) is 6.77. The number of ether oxygens (including phenoxy) is 1. The van der Waals surface area contributed by atoms with E-state index in [1.807, 2.05) is 12.1 Å². The third-order valence-electron chi connectivity index (χ3n) is 5.75. The van der Waals surface area contributed by atoms with Crippen molar-refractivity contribution >= 4 is 5.91 Å². The van der Waals surface area contributed by atoms with Gasteiger partial charge in [0.1, 0.15) is 5.75 Å². The number of carbonyl (C=O) groups excluding carboxylic acids is 1. The summed E-state index contributed by atoms with van der Waals surface area (Å²) in [6.07, 6.45) is 3.99. The lowest BCUT2D eigenvalue weighted by Crippen LogP contribution is -2.38. The second kappa shape index (κ2) is 9.74. The second-order valence-corrected chi connectivity index (χ2v) is 7.45. The van der Waals surface area contributed by atoms with Gasteiger partial charge in [0.2, 0.25) is 5.91 Å². The Bertz CT molecular complexity index is 799. The average Bonchev–Trinajstić information content (AvgIpc) is 3.19. The molecule has 1 N–H and O–H groups in total. The summed E-state index contributed by atoms with van der Waals surface area (Å²) in [4.78, 5) is 15.0. The lowest BCUT2D eigenvalue weighted by Gasteiger charge is -2.30. The van der Waals surface area contributed by atoms with Crippen molar-refractivity contribution in [3.05, 3.63) is 64.7 Å². The summed E-state index contributed by atoms with van der Waals surface area (Å²) < 4.78 is 5.39. The molecule has 0 bridgehead atoms. The van der Waals surface area contributed by atoms with Crippen LogP contribution in [0.2, 0.25) is 0 Å². The number of amides is 1. The van der Waals surface area contributed by atoms with E-state index in [0.717, 1.165) is 30.8 Å². The quantitative estimate of drug-likeness (QED) is 0.717. The zero-order valence-electron chi connectivity index (χ0n) is 17.3. The number of hydrogen-bond acceptors (Lipinski definition) is 3. The van der Waals surface area contributed by atoms with Crippen molar-refractivity contribution in [1.82, 2.24) is 10.2 Å². The molecule has 3 rings (SSSR count). The van der Waals surface area contributed by atoms with Crippen molar-refractivity contribution in [2.75, 3.05) is 26.7 Å². The van der Waals surface area contributed by atoms with Crippen LogP contribution in [0.5, 0.6) is 5.75 Å². The SMILES string of the molecule is CCN(CC)C(CNC(=O)Cc1ccc2c(c1)CCC2)c1cccc(OC)c1. The third-order valence-corrected chi connectivity index (χ3v) is 5.75. The minimum atomic E-state index is 0.0815. The van der Waals surface area contributed by atoms with Crippen LogP contribution in [-0.4, -0.2) is 37.6 Å². The van der Waals surface area contributed by atoms with Gasteiger partial charge in [0.15, 0.2) is 0 Å². The summed E-state index contributed by atoms with van der Waals surface area (Å²) >= 11 is 0. The molecule has 1 aliphatic rings. The lowest BCUT2D eigenvalue weighted by atomic mass is 10.0. The van der Waals surface area contributed by atoms with Crippen LogP contribution in [0.4, 0.5) is 0 Å². The van der Waals surface area contributed by atoms with E-state index in [9.17, 15) is 4.79 Å². The highest BCUT2D eigenvalue weighted by molar-refractivity contribution is 5.78. The van der Waals surface area contributed by atoms with Crippen molar-refractivity contribution < 1.29 is 9.53 Å². The van der Waals surface area contributed by atoms with Gasteiger partial charge < -0.3 is 10.1 Å². The standard InChI is InChI=1S/C24H32N2O2/c1-4-26(5-2)23(21-10-7-11-22(16-21)28-3)17-25-24(27)15-18-12-13-19-8-6-9-20(19)14-18/h7,10-14,16,23H,4-6,8-9,15,17H2,1-3H3,(H,25,27). The van der Waals surface area contributed by atoms with Crippen LogP contribution >= 0.6 is 0 Å². The molecule has 1 unspecified atom stereocenters. The number of fused-ring (bicyclic) bond motifs is 1. The number of hydrogen-bond donors (Lipinski definition) is 1. The average molecular weight is 381 g/mol. The van der Waals surface area contributed by atoms with E-state index in [1.165, 1.54) is 29.5 Å². The molecule has 1 atom stereocenters. The van der Waals surface area contributed by atoms with Gasteiger partial charge in [0.05, 0.1) is 19.6 Å². The fraction of sp³-hybridized carbons (Fsp3) is 0.458. The Morgan fingerprint density at radius 3 is 2.64 bits per heavy atom. The van der Waals surface area contributed by atoms with Crippen molar-refractivity contribution in [1.29, 1.82) is 0 Å². The summed E-state index contributed by atoms with van der Waals surface area (Å²) in [7, 11) is 1.68. The number of likely N-dealkylation sites (N-methyl/N-ethyl adjacent to an activating group) is 1. The maximum Gasteiger partial charge on any atom is 0.224 e. The van der Waals surface area contributed by atoms with Gasteiger partial charge in [0, 0.05) is 6.54 Å². The maximum atomic E-state index is 12.6. The summed E-state index contributed by atoms with van der Waals surface area (Å²) in [6, 6.07) is 14.8. The van der Waals surface area contributed by atoms with Gasteiger partial charge in [-0.15, -0.1) is 0 Å². The molecule has 2 aromatic rings. The summed E-state index contributed by atoms with van der Waals surface area (Å²) in [5.74, 6) is 0.928. The van der Waals surface area contributed by atoms with Gasteiger partial charge >= 0.3 is 0 Å². The van der Waals surface area contributed by atoms with Gasteiger partial charge in [-0.1, -0.05) is 44.2 Å². The second-order valence-electron chi connectivity index (χ2n) is 7.45. The molecule has 150 valence electrons. The molecule has 0 aromatic heterocycles. The largest absolute Gasteiger partial charge is 0.497 e. The molecule has 0 radical (unpaired) electrons. The molecule has 2 aromatic carbocycles. The van der Waals surface area contributed by atoms with E-state index < -0.39 is 0 Å². The smallest absolute Gasteiger partial charge is 0.224 e. The fourth-order valence-electron chi connectivity index (χ4n) is 4.16. The Morgan fingerprint density at radius 2 is 1.89 bits per heavy atom. The van der Waals surface area contributed by atoms with E-state index in [1.54, 1.807) is 7.11 Å². The Kier molecular flexibility index (Phi) is 7.10. The molecule has 28 heavy (non-hydrogen) atoms. The first-order chi connectivity index (χ1) is 13.6. The van der Waals surface area contributed by atoms with Crippen molar-refractivity contribution in [2.45, 2.75) is 45.6 Å². The van der Waals surface area contributed by atoms with Crippen LogP contribution in [0.15, 0.2) is 42.5 Å². The van der Waals surface area contributed by atoms with E-state index in [2.05, 4.69) is 54.4 Å². The summed E-state index contributed by atoms with van der Waals surface area (Å²) in [5.41, 5.74) is 5.14. The first-order valence-electron chi connectivity index (χ1n) is 10.4. The number of methoxy groups -OCH3 is 1. The first kappa shape index (κ1) is 20.4. The zero-order valence-corrected chi connectivity index (χ0v) is 17.3. The van der Waals surface area contributed by atoms with Crippen molar-refractivity contribution in [2.24, 2.45) is 0 Å². The van der Waals surface area contributed by atoms with E-state index in [-0.39, 0.29) is 11.9 Å². The third kappa shape index (κ3) is 4.93. The minimum absolute atomic E-state index is 0.0815. The van der Waals surface area contributed by atoms with Crippen LogP contribution in [0.25, 0.3) is 0 Å². The molecule has 1 amide bonds. The number of benzene rings is 2. The molecule has 0 heterocycles. The lowest BCUT2D eigenvalue weighted by molar-refractivity contribution is -0.120. The van der Waals surface area contributed by atoms with Crippen LogP contribution in [0.3, 0.4) is 0 Å². The molecule has 0 saturated heterocycles. The number of nitrogens with one attached hydrogen (secondary N) is 1. The Balaban J connectivity index is 1.66. The molecular weight excluding hydrogens is 348 g/mol. The van der Waals surface area contributed by atoms with Gasteiger partial charge in [-0.05, 0) is 66.7 Å². The molecule has 4 heteroatoms. The fourth-order valence-corrected chi connectivity index (χ4v) is 4.16. The van der Waals surface area contributed by atoms with Gasteiger partial charge in [-0.2, -0.15) is 0 Å². The van der Waals surface area contributed by atoms with E-state index in [0.29, 0.717) is 13.0 Å². The van der Waals surface area contributed by atoms with Crippen LogP contribution in [0, 0.1) is 0 Å². The monoisotopic (exact) mass is 380 g/mol. The Hall–Kier alpha value is -2.33.